The summed E-state index contributed by atoms with van der Waals surface area (Å²) in [5.41, 5.74) is 0.682. The lowest BCUT2D eigenvalue weighted by molar-refractivity contribution is -0.0130. The van der Waals surface area contributed by atoms with Crippen LogP contribution < -0.4 is 5.32 Å². The summed E-state index contributed by atoms with van der Waals surface area (Å²) in [4.78, 5) is 2.70. The van der Waals surface area contributed by atoms with Crippen molar-refractivity contribution < 1.29 is 0 Å². The Balaban J connectivity index is 2.88. The van der Waals surface area contributed by atoms with E-state index < -0.39 is 0 Å². The zero-order valence-electron chi connectivity index (χ0n) is 12.1. The van der Waals surface area contributed by atoms with Crippen LogP contribution in [-0.2, 0) is 0 Å². The fourth-order valence-corrected chi connectivity index (χ4v) is 2.91. The Morgan fingerprint density at radius 2 is 1.69 bits per heavy atom. The summed E-state index contributed by atoms with van der Waals surface area (Å²) in [5.74, 6) is 0. The zero-order chi connectivity index (χ0) is 12.4. The van der Waals surface area contributed by atoms with Gasteiger partial charge >= 0.3 is 0 Å². The predicted octanol–water partition coefficient (Wildman–Crippen LogP) is 3.03. The van der Waals surface area contributed by atoms with Crippen LogP contribution in [0.2, 0.25) is 0 Å². The van der Waals surface area contributed by atoms with E-state index in [1.807, 2.05) is 0 Å². The normalized spacial score (nSPS) is 30.9. The van der Waals surface area contributed by atoms with E-state index in [4.69, 9.17) is 0 Å². The molecule has 0 aromatic rings. The Labute approximate surface area is 102 Å². The summed E-state index contributed by atoms with van der Waals surface area (Å²) in [6.07, 6.45) is 3.68. The van der Waals surface area contributed by atoms with Crippen molar-refractivity contribution in [3.63, 3.8) is 0 Å². The molecule has 16 heavy (non-hydrogen) atoms. The van der Waals surface area contributed by atoms with Crippen molar-refractivity contribution in [1.29, 1.82) is 0 Å². The molecule has 0 bridgehead atoms. The molecule has 1 aliphatic heterocycles. The summed E-state index contributed by atoms with van der Waals surface area (Å²) in [6, 6.07) is 0.643. The third-order valence-electron chi connectivity index (χ3n) is 4.75. The van der Waals surface area contributed by atoms with Crippen LogP contribution in [0.1, 0.15) is 60.8 Å². The predicted molar refractivity (Wildman–Crippen MR) is 71.9 cm³/mol. The first-order valence-corrected chi connectivity index (χ1v) is 6.95. The molecule has 0 saturated carbocycles. The van der Waals surface area contributed by atoms with Crippen LogP contribution in [0.3, 0.4) is 0 Å². The Morgan fingerprint density at radius 3 is 2.06 bits per heavy atom. The number of nitrogens with one attached hydrogen (secondary N) is 1. The molecule has 0 amide bonds. The minimum atomic E-state index is 0.335. The Kier molecular flexibility index (Phi) is 4.42. The molecule has 1 atom stereocenters. The van der Waals surface area contributed by atoms with Crippen LogP contribution in [0.15, 0.2) is 0 Å². The van der Waals surface area contributed by atoms with Crippen molar-refractivity contribution in [2.24, 2.45) is 0 Å². The number of rotatable bonds is 4. The maximum atomic E-state index is 3.82. The molecule has 0 spiro atoms. The largest absolute Gasteiger partial charge is 0.308 e. The molecule has 0 aromatic carbocycles. The fraction of sp³-hybridized carbons (Fsp3) is 1.00. The van der Waals surface area contributed by atoms with Gasteiger partial charge in [0.25, 0.3) is 0 Å². The van der Waals surface area contributed by atoms with E-state index in [1.165, 1.54) is 25.8 Å². The summed E-state index contributed by atoms with van der Waals surface area (Å²) in [5, 5.41) is 3.82. The average molecular weight is 226 g/mol. The molecule has 1 fully saturated rings. The van der Waals surface area contributed by atoms with E-state index in [1.54, 1.807) is 0 Å². The van der Waals surface area contributed by atoms with Gasteiger partial charge in [-0.3, -0.25) is 4.90 Å². The van der Waals surface area contributed by atoms with Gasteiger partial charge in [-0.2, -0.15) is 0 Å². The molecule has 1 saturated heterocycles. The van der Waals surface area contributed by atoms with Crippen molar-refractivity contribution in [3.05, 3.63) is 0 Å². The zero-order valence-corrected chi connectivity index (χ0v) is 12.1. The lowest BCUT2D eigenvalue weighted by Gasteiger charge is -2.54. The fourth-order valence-electron chi connectivity index (χ4n) is 2.91. The van der Waals surface area contributed by atoms with Gasteiger partial charge in [-0.15, -0.1) is 0 Å². The first-order chi connectivity index (χ1) is 7.43. The summed E-state index contributed by atoms with van der Waals surface area (Å²) >= 11 is 0. The second kappa shape index (κ2) is 5.05. The monoisotopic (exact) mass is 226 g/mol. The van der Waals surface area contributed by atoms with Crippen molar-refractivity contribution in [2.45, 2.75) is 77.9 Å². The number of piperazine rings is 1. The van der Waals surface area contributed by atoms with E-state index >= 15 is 0 Å². The highest BCUT2D eigenvalue weighted by atomic mass is 15.3. The third-order valence-corrected chi connectivity index (χ3v) is 4.75. The SMILES string of the molecule is CCC1(CC)CN(C(C)C)C(C)(CC)CN1. The molecule has 96 valence electrons. The molecule has 1 aliphatic rings. The van der Waals surface area contributed by atoms with Gasteiger partial charge in [0, 0.05) is 30.2 Å². The maximum absolute atomic E-state index is 3.82. The van der Waals surface area contributed by atoms with Gasteiger partial charge in [0.05, 0.1) is 0 Å². The van der Waals surface area contributed by atoms with Gasteiger partial charge < -0.3 is 5.32 Å². The minimum Gasteiger partial charge on any atom is -0.308 e. The van der Waals surface area contributed by atoms with Gasteiger partial charge in [0.1, 0.15) is 0 Å². The third kappa shape index (κ3) is 2.43. The first kappa shape index (κ1) is 14.0. The molecule has 1 N–H and O–H groups in total. The highest BCUT2D eigenvalue weighted by Crippen LogP contribution is 2.31. The molecule has 0 radical (unpaired) electrons. The molecule has 0 aliphatic carbocycles. The molecule has 2 heteroatoms. The molecule has 1 unspecified atom stereocenters. The standard InChI is InChI=1S/C14H30N2/c1-7-13(6)10-15-14(8-2,9-3)11-16(13)12(4)5/h12,15H,7-11H2,1-6H3. The first-order valence-electron chi connectivity index (χ1n) is 6.95. The van der Waals surface area contributed by atoms with Crippen molar-refractivity contribution in [2.75, 3.05) is 13.1 Å². The smallest absolute Gasteiger partial charge is 0.0306 e. The maximum Gasteiger partial charge on any atom is 0.0306 e. The second-order valence-electron chi connectivity index (χ2n) is 5.91. The van der Waals surface area contributed by atoms with Crippen LogP contribution in [0, 0.1) is 0 Å². The van der Waals surface area contributed by atoms with Gasteiger partial charge in [-0.05, 0) is 40.0 Å². The van der Waals surface area contributed by atoms with Crippen molar-refractivity contribution >= 4 is 0 Å². The van der Waals surface area contributed by atoms with E-state index in [2.05, 4.69) is 51.8 Å². The molecule has 0 aromatic heterocycles. The molecular formula is C14H30N2. The summed E-state index contributed by atoms with van der Waals surface area (Å²) < 4.78 is 0. The highest BCUT2D eigenvalue weighted by molar-refractivity contribution is 5.03. The summed E-state index contributed by atoms with van der Waals surface area (Å²) in [7, 11) is 0. The van der Waals surface area contributed by atoms with Crippen LogP contribution in [0.5, 0.6) is 0 Å². The average Bonchev–Trinajstić information content (AvgIpc) is 2.30. The quantitative estimate of drug-likeness (QED) is 0.792. The van der Waals surface area contributed by atoms with Crippen LogP contribution in [-0.4, -0.2) is 35.1 Å². The van der Waals surface area contributed by atoms with Gasteiger partial charge in [-0.1, -0.05) is 20.8 Å². The number of nitrogens with zero attached hydrogens (tertiary/aromatic N) is 1. The van der Waals surface area contributed by atoms with Crippen molar-refractivity contribution in [3.8, 4) is 0 Å². The van der Waals surface area contributed by atoms with Crippen molar-refractivity contribution in [1.82, 2.24) is 10.2 Å². The van der Waals surface area contributed by atoms with Gasteiger partial charge in [0.15, 0.2) is 0 Å². The van der Waals surface area contributed by atoms with Gasteiger partial charge in [-0.25, -0.2) is 0 Å². The Hall–Kier alpha value is -0.0800. The van der Waals surface area contributed by atoms with E-state index in [0.717, 1.165) is 6.54 Å². The molecule has 1 rings (SSSR count). The lowest BCUT2D eigenvalue weighted by Crippen LogP contribution is -2.70. The van der Waals surface area contributed by atoms with E-state index in [0.29, 0.717) is 17.1 Å². The lowest BCUT2D eigenvalue weighted by atomic mass is 9.82. The van der Waals surface area contributed by atoms with E-state index in [9.17, 15) is 0 Å². The van der Waals surface area contributed by atoms with Crippen LogP contribution >= 0.6 is 0 Å². The molecular weight excluding hydrogens is 196 g/mol. The van der Waals surface area contributed by atoms with Gasteiger partial charge in [0.2, 0.25) is 0 Å². The molecule has 2 nitrogen and oxygen atoms in total. The highest BCUT2D eigenvalue weighted by Gasteiger charge is 2.43. The number of hydrogen-bond donors (Lipinski definition) is 1. The van der Waals surface area contributed by atoms with Crippen LogP contribution in [0.4, 0.5) is 0 Å². The summed E-state index contributed by atoms with van der Waals surface area (Å²) in [6.45, 7) is 16.3. The topological polar surface area (TPSA) is 15.3 Å². The Morgan fingerprint density at radius 1 is 1.12 bits per heavy atom. The molecule has 1 heterocycles. The second-order valence-corrected chi connectivity index (χ2v) is 5.91. The van der Waals surface area contributed by atoms with E-state index in [-0.39, 0.29) is 0 Å². The minimum absolute atomic E-state index is 0.335. The number of hydrogen-bond acceptors (Lipinski definition) is 2. The van der Waals surface area contributed by atoms with Crippen LogP contribution in [0.25, 0.3) is 0 Å². The Bertz CT molecular complexity index is 221.